The van der Waals surface area contributed by atoms with E-state index < -0.39 is 30.4 Å². The number of para-hydroxylation sites is 1. The molecule has 36 heavy (non-hydrogen) atoms. The smallest absolute Gasteiger partial charge is 0.433 e. The fourth-order valence-electron chi connectivity index (χ4n) is 3.64. The number of alkyl halides is 3. The summed E-state index contributed by atoms with van der Waals surface area (Å²) < 4.78 is 49.9. The molecule has 0 aliphatic carbocycles. The third-order valence-corrected chi connectivity index (χ3v) is 6.16. The van der Waals surface area contributed by atoms with Crippen molar-refractivity contribution < 1.29 is 37.3 Å². The molecular formula is C23H21F3N4O5S. The Morgan fingerprint density at radius 2 is 1.94 bits per heavy atom. The van der Waals surface area contributed by atoms with Crippen molar-refractivity contribution in [1.82, 2.24) is 9.97 Å². The summed E-state index contributed by atoms with van der Waals surface area (Å²) in [6, 6.07) is 8.84. The van der Waals surface area contributed by atoms with Gasteiger partial charge < -0.3 is 24.8 Å². The Morgan fingerprint density at radius 1 is 1.17 bits per heavy atom. The van der Waals surface area contributed by atoms with Crippen molar-refractivity contribution in [1.29, 1.82) is 0 Å². The molecule has 0 bridgehead atoms. The highest BCUT2D eigenvalue weighted by molar-refractivity contribution is 7.12. The van der Waals surface area contributed by atoms with E-state index in [4.69, 9.17) is 14.6 Å². The largest absolute Gasteiger partial charge is 0.479 e. The minimum absolute atomic E-state index is 0.0104. The molecule has 3 heterocycles. The summed E-state index contributed by atoms with van der Waals surface area (Å²) in [7, 11) is 0. The van der Waals surface area contributed by atoms with Crippen LogP contribution in [0.5, 0.6) is 11.5 Å². The predicted molar refractivity (Wildman–Crippen MR) is 125 cm³/mol. The highest BCUT2D eigenvalue weighted by atomic mass is 32.1. The average molecular weight is 523 g/mol. The number of thiophene rings is 1. The number of carboxylic acid groups (broad SMARTS) is 1. The molecule has 9 nitrogen and oxygen atoms in total. The van der Waals surface area contributed by atoms with Gasteiger partial charge in [-0.05, 0) is 42.5 Å². The highest BCUT2D eigenvalue weighted by Crippen LogP contribution is 2.37. The number of aliphatic carboxylic acids is 1. The SMILES string of the molecule is O=C(O)COc1c(NC2CCN(c3nccc(C(F)(F)F)n3)CC2)cccc1OC(=O)c1cccs1. The third-order valence-electron chi connectivity index (χ3n) is 5.31. The predicted octanol–water partition coefficient (Wildman–Crippen LogP) is 4.32. The number of rotatable bonds is 8. The first-order valence-corrected chi connectivity index (χ1v) is 11.7. The first-order valence-electron chi connectivity index (χ1n) is 10.9. The summed E-state index contributed by atoms with van der Waals surface area (Å²) in [6.45, 7) is 0.155. The van der Waals surface area contributed by atoms with E-state index in [1.165, 1.54) is 17.4 Å². The van der Waals surface area contributed by atoms with E-state index in [2.05, 4.69) is 15.3 Å². The number of aromatic nitrogens is 2. The molecule has 1 saturated heterocycles. The normalized spacial score (nSPS) is 14.4. The van der Waals surface area contributed by atoms with Gasteiger partial charge in [0.25, 0.3) is 0 Å². The molecule has 4 rings (SSSR count). The maximum Gasteiger partial charge on any atom is 0.433 e. The van der Waals surface area contributed by atoms with E-state index in [9.17, 15) is 22.8 Å². The lowest BCUT2D eigenvalue weighted by molar-refractivity contribution is -0.141. The van der Waals surface area contributed by atoms with E-state index in [-0.39, 0.29) is 23.5 Å². The molecule has 0 amide bonds. The monoisotopic (exact) mass is 522 g/mol. The topological polar surface area (TPSA) is 114 Å². The summed E-state index contributed by atoms with van der Waals surface area (Å²) in [5, 5.41) is 14.1. The second-order valence-electron chi connectivity index (χ2n) is 7.83. The van der Waals surface area contributed by atoms with Crippen molar-refractivity contribution in [3.63, 3.8) is 0 Å². The second-order valence-corrected chi connectivity index (χ2v) is 8.78. The van der Waals surface area contributed by atoms with Gasteiger partial charge in [-0.15, -0.1) is 11.3 Å². The van der Waals surface area contributed by atoms with Gasteiger partial charge in [-0.25, -0.2) is 19.6 Å². The van der Waals surface area contributed by atoms with Crippen LogP contribution in [0.2, 0.25) is 0 Å². The van der Waals surface area contributed by atoms with Gasteiger partial charge >= 0.3 is 18.1 Å². The Kier molecular flexibility index (Phi) is 7.58. The van der Waals surface area contributed by atoms with Gasteiger partial charge in [0.15, 0.2) is 18.1 Å². The first kappa shape index (κ1) is 25.2. The number of hydrogen-bond donors (Lipinski definition) is 2. The Balaban J connectivity index is 1.46. The Bertz CT molecular complexity index is 1210. The molecule has 13 heteroatoms. The molecule has 1 fully saturated rings. The lowest BCUT2D eigenvalue weighted by Gasteiger charge is -2.33. The molecule has 0 unspecified atom stereocenters. The standard InChI is InChI=1S/C23H21F3N4O5S/c24-23(25,26)18-6-9-27-22(29-18)30-10-7-14(8-11-30)28-15-3-1-4-16(20(15)34-13-19(31)32)35-21(33)17-5-2-12-36-17/h1-6,9,12,14,28H,7-8,10-11,13H2,(H,31,32). The van der Waals surface area contributed by atoms with Crippen molar-refractivity contribution >= 4 is 34.9 Å². The number of carbonyl (C=O) groups is 2. The van der Waals surface area contributed by atoms with Crippen LogP contribution in [-0.4, -0.2) is 52.8 Å². The lowest BCUT2D eigenvalue weighted by atomic mass is 10.0. The molecule has 0 saturated carbocycles. The molecule has 2 aromatic heterocycles. The number of esters is 1. The van der Waals surface area contributed by atoms with Gasteiger partial charge in [-0.3, -0.25) is 0 Å². The van der Waals surface area contributed by atoms with Crippen LogP contribution in [0.4, 0.5) is 24.8 Å². The summed E-state index contributed by atoms with van der Waals surface area (Å²) in [4.78, 5) is 33.2. The minimum atomic E-state index is -4.55. The zero-order valence-corrected chi connectivity index (χ0v) is 19.5. The highest BCUT2D eigenvalue weighted by Gasteiger charge is 2.33. The van der Waals surface area contributed by atoms with Gasteiger partial charge in [0.05, 0.1) is 5.69 Å². The van der Waals surface area contributed by atoms with Crippen molar-refractivity contribution in [2.24, 2.45) is 0 Å². The summed E-state index contributed by atoms with van der Waals surface area (Å²) in [6.07, 6.45) is -2.39. The Morgan fingerprint density at radius 3 is 2.61 bits per heavy atom. The van der Waals surface area contributed by atoms with Crippen molar-refractivity contribution in [2.45, 2.75) is 25.1 Å². The van der Waals surface area contributed by atoms with Crippen LogP contribution in [0.1, 0.15) is 28.2 Å². The third kappa shape index (κ3) is 6.22. The van der Waals surface area contributed by atoms with Crippen LogP contribution in [0, 0.1) is 0 Å². The number of carbonyl (C=O) groups excluding carboxylic acids is 1. The van der Waals surface area contributed by atoms with Gasteiger partial charge in [0.2, 0.25) is 5.95 Å². The fourth-order valence-corrected chi connectivity index (χ4v) is 4.24. The summed E-state index contributed by atoms with van der Waals surface area (Å²) in [5.74, 6) is -1.65. The average Bonchev–Trinajstić information content (AvgIpc) is 3.39. The Labute approximate surface area is 207 Å². The zero-order chi connectivity index (χ0) is 25.7. The van der Waals surface area contributed by atoms with Crippen LogP contribution >= 0.6 is 11.3 Å². The van der Waals surface area contributed by atoms with Gasteiger partial charge in [-0.2, -0.15) is 13.2 Å². The van der Waals surface area contributed by atoms with Crippen LogP contribution in [0.15, 0.2) is 48.0 Å². The molecule has 190 valence electrons. The number of anilines is 2. The number of ether oxygens (including phenoxy) is 2. The maximum absolute atomic E-state index is 13.0. The van der Waals surface area contributed by atoms with E-state index in [1.807, 2.05) is 0 Å². The van der Waals surface area contributed by atoms with E-state index in [1.54, 1.807) is 34.5 Å². The van der Waals surface area contributed by atoms with E-state index >= 15 is 0 Å². The van der Waals surface area contributed by atoms with Crippen LogP contribution in [0.25, 0.3) is 0 Å². The summed E-state index contributed by atoms with van der Waals surface area (Å²) in [5.41, 5.74) is -0.566. The first-order chi connectivity index (χ1) is 17.2. The second kappa shape index (κ2) is 10.8. The maximum atomic E-state index is 13.0. The fraction of sp³-hybridized carbons (Fsp3) is 0.304. The van der Waals surface area contributed by atoms with Gasteiger partial charge in [0, 0.05) is 25.3 Å². The van der Waals surface area contributed by atoms with Crippen molar-refractivity contribution in [3.8, 4) is 11.5 Å². The number of benzene rings is 1. The molecule has 1 aliphatic rings. The van der Waals surface area contributed by atoms with Crippen molar-refractivity contribution in [2.75, 3.05) is 29.9 Å². The zero-order valence-electron chi connectivity index (χ0n) is 18.7. The molecule has 1 aromatic carbocycles. The number of piperidine rings is 1. The number of nitrogens with one attached hydrogen (secondary N) is 1. The van der Waals surface area contributed by atoms with Crippen LogP contribution in [-0.2, 0) is 11.0 Å². The molecular weight excluding hydrogens is 501 g/mol. The summed E-state index contributed by atoms with van der Waals surface area (Å²) >= 11 is 1.21. The van der Waals surface area contributed by atoms with Gasteiger partial charge in [-0.1, -0.05) is 12.1 Å². The lowest BCUT2D eigenvalue weighted by Crippen LogP contribution is -2.40. The molecule has 0 atom stereocenters. The van der Waals surface area contributed by atoms with E-state index in [0.717, 1.165) is 12.3 Å². The van der Waals surface area contributed by atoms with Crippen LogP contribution in [0.3, 0.4) is 0 Å². The molecule has 0 spiro atoms. The van der Waals surface area contributed by atoms with Crippen molar-refractivity contribution in [3.05, 3.63) is 58.5 Å². The molecule has 1 aliphatic heterocycles. The number of halogens is 3. The molecule has 2 N–H and O–H groups in total. The Hall–Kier alpha value is -3.87. The number of hydrogen-bond acceptors (Lipinski definition) is 9. The van der Waals surface area contributed by atoms with Crippen LogP contribution < -0.4 is 19.7 Å². The number of nitrogens with zero attached hydrogens (tertiary/aromatic N) is 3. The molecule has 3 aromatic rings. The molecule has 0 radical (unpaired) electrons. The van der Waals surface area contributed by atoms with Gasteiger partial charge in [0.1, 0.15) is 10.6 Å². The minimum Gasteiger partial charge on any atom is -0.479 e. The number of carboxylic acids is 1. The van der Waals surface area contributed by atoms with E-state index in [0.29, 0.717) is 36.5 Å². The quantitative estimate of drug-likeness (QED) is 0.330.